The standard InChI is InChI=1S/C25H31N3O5.2ClH/c1-6-28(19-9-12-22(31-4)23(13-19)32-5)14-20(30)15-33-21-10-7-18(8-11-21)25-26-16(2)24(27-25)17(3)29;;/h7-13,20,30H,6,14-15H2,1-5H3,(H,26,27);2*1H/t20-;;/m0../s1. The summed E-state index contributed by atoms with van der Waals surface area (Å²) in [7, 11) is 3.20. The first-order valence-corrected chi connectivity index (χ1v) is 10.8. The second-order valence-corrected chi connectivity index (χ2v) is 7.68. The van der Waals surface area contributed by atoms with Gasteiger partial charge in [-0.25, -0.2) is 4.98 Å². The molecule has 0 amide bonds. The lowest BCUT2D eigenvalue weighted by atomic mass is 10.2. The molecule has 1 heterocycles. The molecule has 0 aliphatic heterocycles. The topological polar surface area (TPSA) is 96.9 Å². The number of aliphatic hydroxyl groups excluding tert-OH is 1. The van der Waals surface area contributed by atoms with Crippen molar-refractivity contribution in [2.45, 2.75) is 26.9 Å². The van der Waals surface area contributed by atoms with E-state index in [9.17, 15) is 9.90 Å². The predicted octanol–water partition coefficient (Wildman–Crippen LogP) is 4.71. The number of methoxy groups -OCH3 is 2. The Morgan fingerprint density at radius 2 is 1.74 bits per heavy atom. The van der Waals surface area contributed by atoms with E-state index in [-0.39, 0.29) is 37.2 Å². The zero-order valence-electron chi connectivity index (χ0n) is 20.5. The number of imidazole rings is 1. The van der Waals surface area contributed by atoms with Crippen LogP contribution in [0, 0.1) is 6.92 Å². The van der Waals surface area contributed by atoms with Crippen LogP contribution >= 0.6 is 24.8 Å². The molecule has 0 radical (unpaired) electrons. The summed E-state index contributed by atoms with van der Waals surface area (Å²) >= 11 is 0. The number of hydrogen-bond donors (Lipinski definition) is 2. The number of H-pyrrole nitrogens is 1. The summed E-state index contributed by atoms with van der Waals surface area (Å²) < 4.78 is 16.5. The van der Waals surface area contributed by atoms with E-state index in [1.54, 1.807) is 14.2 Å². The second-order valence-electron chi connectivity index (χ2n) is 7.68. The number of ketones is 1. The number of ether oxygens (including phenoxy) is 3. The number of carbonyl (C=O) groups excluding carboxylic acids is 1. The Morgan fingerprint density at radius 1 is 1.09 bits per heavy atom. The lowest BCUT2D eigenvalue weighted by Crippen LogP contribution is -2.35. The Bertz CT molecular complexity index is 1090. The first-order valence-electron chi connectivity index (χ1n) is 10.8. The number of likely N-dealkylation sites (N-methyl/N-ethyl adjacent to an activating group) is 1. The van der Waals surface area contributed by atoms with Gasteiger partial charge in [0.1, 0.15) is 30.0 Å². The number of aliphatic hydroxyl groups is 1. The summed E-state index contributed by atoms with van der Waals surface area (Å²) in [6, 6.07) is 13.0. The number of anilines is 1. The van der Waals surface area contributed by atoms with Crippen molar-refractivity contribution >= 4 is 36.3 Å². The molecule has 2 aromatic carbocycles. The van der Waals surface area contributed by atoms with E-state index in [2.05, 4.69) is 9.97 Å². The minimum absolute atomic E-state index is 0. The Kier molecular flexibility index (Phi) is 11.9. The molecule has 192 valence electrons. The molecule has 3 aromatic rings. The van der Waals surface area contributed by atoms with Crippen molar-refractivity contribution in [2.75, 3.05) is 38.8 Å². The zero-order valence-corrected chi connectivity index (χ0v) is 22.2. The molecule has 0 aliphatic carbocycles. The summed E-state index contributed by atoms with van der Waals surface area (Å²) in [6.07, 6.45) is -0.691. The average molecular weight is 526 g/mol. The number of aryl methyl sites for hydroxylation is 1. The number of carbonyl (C=O) groups is 1. The zero-order chi connectivity index (χ0) is 24.0. The summed E-state index contributed by atoms with van der Waals surface area (Å²) in [5.41, 5.74) is 2.97. The van der Waals surface area contributed by atoms with Crippen molar-refractivity contribution in [3.05, 3.63) is 53.9 Å². The molecule has 0 saturated heterocycles. The van der Waals surface area contributed by atoms with Crippen LogP contribution < -0.4 is 19.1 Å². The fraction of sp³-hybridized carbons (Fsp3) is 0.360. The van der Waals surface area contributed by atoms with Gasteiger partial charge >= 0.3 is 0 Å². The molecule has 0 unspecified atom stereocenters. The highest BCUT2D eigenvalue weighted by molar-refractivity contribution is 5.93. The van der Waals surface area contributed by atoms with Crippen molar-refractivity contribution in [1.29, 1.82) is 0 Å². The monoisotopic (exact) mass is 525 g/mol. The van der Waals surface area contributed by atoms with Crippen LogP contribution in [0.3, 0.4) is 0 Å². The van der Waals surface area contributed by atoms with Gasteiger partial charge < -0.3 is 29.2 Å². The number of nitrogens with one attached hydrogen (secondary N) is 1. The maximum atomic E-state index is 11.6. The van der Waals surface area contributed by atoms with Gasteiger partial charge in [0.15, 0.2) is 17.3 Å². The van der Waals surface area contributed by atoms with Gasteiger partial charge in [-0.1, -0.05) is 0 Å². The van der Waals surface area contributed by atoms with Crippen LogP contribution in [0.1, 0.15) is 30.0 Å². The third-order valence-electron chi connectivity index (χ3n) is 5.33. The van der Waals surface area contributed by atoms with Gasteiger partial charge in [0.25, 0.3) is 0 Å². The maximum Gasteiger partial charge on any atom is 0.179 e. The molecule has 0 fully saturated rings. The van der Waals surface area contributed by atoms with Crippen LogP contribution in [0.25, 0.3) is 11.4 Å². The van der Waals surface area contributed by atoms with E-state index >= 15 is 0 Å². The van der Waals surface area contributed by atoms with E-state index in [0.717, 1.165) is 16.9 Å². The minimum atomic E-state index is -0.691. The molecular formula is C25H33Cl2N3O5. The van der Waals surface area contributed by atoms with Crippen LogP contribution in [-0.4, -0.2) is 60.9 Å². The molecule has 3 rings (SSSR count). The van der Waals surface area contributed by atoms with E-state index in [1.807, 2.05) is 61.2 Å². The number of aromatic nitrogens is 2. The summed E-state index contributed by atoms with van der Waals surface area (Å²) in [6.45, 7) is 6.62. The smallest absolute Gasteiger partial charge is 0.179 e. The molecule has 0 spiro atoms. The van der Waals surface area contributed by atoms with Crippen molar-refractivity contribution in [3.8, 4) is 28.6 Å². The van der Waals surface area contributed by atoms with Gasteiger partial charge in [-0.05, 0) is 50.2 Å². The highest BCUT2D eigenvalue weighted by Crippen LogP contribution is 2.31. The molecule has 35 heavy (non-hydrogen) atoms. The first-order chi connectivity index (χ1) is 15.9. The van der Waals surface area contributed by atoms with E-state index in [1.165, 1.54) is 6.92 Å². The van der Waals surface area contributed by atoms with Crippen LogP contribution in [0.2, 0.25) is 0 Å². The fourth-order valence-electron chi connectivity index (χ4n) is 3.59. The minimum Gasteiger partial charge on any atom is -0.493 e. The van der Waals surface area contributed by atoms with Gasteiger partial charge in [0, 0.05) is 43.0 Å². The molecule has 1 atom stereocenters. The maximum absolute atomic E-state index is 11.6. The number of nitrogens with zero attached hydrogens (tertiary/aromatic N) is 2. The van der Waals surface area contributed by atoms with E-state index in [0.29, 0.717) is 41.9 Å². The van der Waals surface area contributed by atoms with Gasteiger partial charge in [0.05, 0.1) is 14.2 Å². The highest BCUT2D eigenvalue weighted by Gasteiger charge is 2.15. The van der Waals surface area contributed by atoms with Gasteiger partial charge in [-0.15, -0.1) is 24.8 Å². The number of benzene rings is 2. The third kappa shape index (κ3) is 7.52. The summed E-state index contributed by atoms with van der Waals surface area (Å²) in [5, 5.41) is 10.5. The SMILES string of the molecule is CCN(C[C@H](O)COc1ccc(-c2nc(C(C)=O)c(C)[nH]2)cc1)c1ccc(OC)c(OC)c1.Cl.Cl. The molecule has 2 N–H and O–H groups in total. The third-order valence-corrected chi connectivity index (χ3v) is 5.33. The lowest BCUT2D eigenvalue weighted by molar-refractivity contribution is 0.101. The summed E-state index contributed by atoms with van der Waals surface area (Å²) in [4.78, 5) is 21.2. The van der Waals surface area contributed by atoms with Gasteiger partial charge in [-0.3, -0.25) is 4.79 Å². The molecule has 0 aliphatic rings. The fourth-order valence-corrected chi connectivity index (χ4v) is 3.59. The summed E-state index contributed by atoms with van der Waals surface area (Å²) in [5.74, 6) is 2.51. The van der Waals surface area contributed by atoms with Crippen molar-refractivity contribution in [3.63, 3.8) is 0 Å². The van der Waals surface area contributed by atoms with Crippen molar-refractivity contribution in [1.82, 2.24) is 9.97 Å². The Hall–Kier alpha value is -2.94. The number of halogens is 2. The van der Waals surface area contributed by atoms with Crippen molar-refractivity contribution in [2.24, 2.45) is 0 Å². The molecular weight excluding hydrogens is 493 g/mol. The van der Waals surface area contributed by atoms with Crippen LogP contribution in [0.5, 0.6) is 17.2 Å². The first kappa shape index (κ1) is 30.1. The second kappa shape index (κ2) is 13.8. The van der Waals surface area contributed by atoms with Gasteiger partial charge in [0.2, 0.25) is 0 Å². The molecule has 1 aromatic heterocycles. The van der Waals surface area contributed by atoms with Crippen LogP contribution in [-0.2, 0) is 0 Å². The van der Waals surface area contributed by atoms with Crippen LogP contribution in [0.4, 0.5) is 5.69 Å². The van der Waals surface area contributed by atoms with E-state index < -0.39 is 6.10 Å². The quantitative estimate of drug-likeness (QED) is 0.349. The number of hydrogen-bond acceptors (Lipinski definition) is 7. The Labute approximate surface area is 218 Å². The molecule has 0 bridgehead atoms. The average Bonchev–Trinajstić information content (AvgIpc) is 3.23. The van der Waals surface area contributed by atoms with Gasteiger partial charge in [-0.2, -0.15) is 0 Å². The Balaban J connectivity index is 0.00000306. The normalized spacial score (nSPS) is 11.0. The largest absolute Gasteiger partial charge is 0.493 e. The van der Waals surface area contributed by atoms with E-state index in [4.69, 9.17) is 14.2 Å². The van der Waals surface area contributed by atoms with Crippen molar-refractivity contribution < 1.29 is 24.1 Å². The predicted molar refractivity (Wildman–Crippen MR) is 142 cm³/mol. The highest BCUT2D eigenvalue weighted by atomic mass is 35.5. The number of Topliss-reactive ketones (excluding diaryl/α,β-unsaturated/α-hetero) is 1. The lowest BCUT2D eigenvalue weighted by Gasteiger charge is -2.26. The van der Waals surface area contributed by atoms with Crippen LogP contribution in [0.15, 0.2) is 42.5 Å². The molecule has 10 heteroatoms. The number of aromatic amines is 1. The molecule has 8 nitrogen and oxygen atoms in total. The Morgan fingerprint density at radius 3 is 2.29 bits per heavy atom. The molecule has 0 saturated carbocycles. The number of rotatable bonds is 11.